The van der Waals surface area contributed by atoms with Gasteiger partial charge in [0.1, 0.15) is 12.4 Å². The maximum absolute atomic E-state index is 13.2. The zero-order chi connectivity index (χ0) is 25.0. The fraction of sp³-hybridized carbons (Fsp3) is 0.231. The minimum absolute atomic E-state index is 0.0292. The largest absolute Gasteiger partial charge is 0.504 e. The van der Waals surface area contributed by atoms with Crippen LogP contribution in [-0.2, 0) is 6.18 Å². The van der Waals surface area contributed by atoms with E-state index < -0.39 is 11.7 Å². The molecule has 0 aromatic heterocycles. The Labute approximate surface area is 195 Å². The Morgan fingerprint density at radius 1 is 0.912 bits per heavy atom. The van der Waals surface area contributed by atoms with Crippen molar-refractivity contribution in [3.8, 4) is 51.0 Å². The summed E-state index contributed by atoms with van der Waals surface area (Å²) in [5, 5.41) is 21.5. The summed E-state index contributed by atoms with van der Waals surface area (Å²) in [7, 11) is 2.68. The third-order valence-electron chi connectivity index (χ3n) is 5.12. The summed E-state index contributed by atoms with van der Waals surface area (Å²) < 4.78 is 56.0. The molecule has 5 nitrogen and oxygen atoms in total. The molecule has 0 amide bonds. The summed E-state index contributed by atoms with van der Waals surface area (Å²) in [6, 6.07) is 10.8. The lowest BCUT2D eigenvalue weighted by molar-refractivity contribution is -0.137. The van der Waals surface area contributed by atoms with Gasteiger partial charge in [-0.05, 0) is 61.4 Å². The van der Waals surface area contributed by atoms with Gasteiger partial charge in [0.05, 0.1) is 25.3 Å². The molecule has 180 valence electrons. The number of ether oxygens (including phenoxy) is 3. The van der Waals surface area contributed by atoms with Gasteiger partial charge in [-0.15, -0.1) is 0 Å². The van der Waals surface area contributed by atoms with Crippen molar-refractivity contribution >= 4 is 0 Å². The van der Waals surface area contributed by atoms with Gasteiger partial charge in [-0.25, -0.2) is 0 Å². The summed E-state index contributed by atoms with van der Waals surface area (Å²) in [6.45, 7) is 4.14. The van der Waals surface area contributed by atoms with Crippen molar-refractivity contribution in [2.24, 2.45) is 0 Å². The van der Waals surface area contributed by atoms with E-state index >= 15 is 0 Å². The Morgan fingerprint density at radius 2 is 1.65 bits per heavy atom. The van der Waals surface area contributed by atoms with Gasteiger partial charge in [-0.3, -0.25) is 0 Å². The summed E-state index contributed by atoms with van der Waals surface area (Å²) >= 11 is 0. The van der Waals surface area contributed by atoms with Crippen molar-refractivity contribution in [2.45, 2.75) is 20.0 Å². The highest BCUT2D eigenvalue weighted by Crippen LogP contribution is 2.50. The summed E-state index contributed by atoms with van der Waals surface area (Å²) in [5.74, 6) is -0.0806. The Kier molecular flexibility index (Phi) is 7.29. The van der Waals surface area contributed by atoms with Crippen molar-refractivity contribution in [3.05, 3.63) is 65.7 Å². The van der Waals surface area contributed by atoms with E-state index in [1.165, 1.54) is 38.5 Å². The van der Waals surface area contributed by atoms with Gasteiger partial charge in [0.25, 0.3) is 0 Å². The van der Waals surface area contributed by atoms with Crippen molar-refractivity contribution in [2.75, 3.05) is 20.8 Å². The second-order valence-electron chi connectivity index (χ2n) is 7.74. The van der Waals surface area contributed by atoms with E-state index in [0.717, 1.165) is 17.7 Å². The van der Waals surface area contributed by atoms with E-state index in [-0.39, 0.29) is 52.0 Å². The third kappa shape index (κ3) is 5.22. The Balaban J connectivity index is 2.11. The van der Waals surface area contributed by atoms with E-state index in [0.29, 0.717) is 5.56 Å². The molecule has 8 heteroatoms. The van der Waals surface area contributed by atoms with Gasteiger partial charge in [0.2, 0.25) is 0 Å². The molecule has 0 atom stereocenters. The van der Waals surface area contributed by atoms with E-state index in [9.17, 15) is 23.4 Å². The van der Waals surface area contributed by atoms with Crippen LogP contribution in [0.15, 0.2) is 60.2 Å². The minimum atomic E-state index is -4.53. The first-order valence-corrected chi connectivity index (χ1v) is 10.3. The van der Waals surface area contributed by atoms with Gasteiger partial charge < -0.3 is 24.4 Å². The van der Waals surface area contributed by atoms with Crippen LogP contribution >= 0.6 is 0 Å². The lowest BCUT2D eigenvalue weighted by Crippen LogP contribution is -2.04. The lowest BCUT2D eigenvalue weighted by atomic mass is 9.95. The quantitative estimate of drug-likeness (QED) is 0.368. The summed E-state index contributed by atoms with van der Waals surface area (Å²) in [6.07, 6.45) is -2.66. The number of allylic oxidation sites excluding steroid dienone is 1. The number of hydrogen-bond acceptors (Lipinski definition) is 5. The number of methoxy groups -OCH3 is 2. The number of phenols is 2. The van der Waals surface area contributed by atoms with Gasteiger partial charge in [-0.1, -0.05) is 23.8 Å². The molecule has 0 saturated heterocycles. The molecule has 0 aliphatic carbocycles. The van der Waals surface area contributed by atoms with Crippen LogP contribution in [0.4, 0.5) is 13.2 Å². The van der Waals surface area contributed by atoms with Crippen molar-refractivity contribution in [1.29, 1.82) is 0 Å². The van der Waals surface area contributed by atoms with Crippen molar-refractivity contribution in [3.63, 3.8) is 0 Å². The average molecular weight is 474 g/mol. The predicted octanol–water partition coefficient (Wildman–Crippen LogP) is 6.81. The maximum Gasteiger partial charge on any atom is 0.416 e. The first kappa shape index (κ1) is 24.8. The predicted molar refractivity (Wildman–Crippen MR) is 124 cm³/mol. The molecule has 0 saturated carbocycles. The van der Waals surface area contributed by atoms with Gasteiger partial charge >= 0.3 is 6.18 Å². The topological polar surface area (TPSA) is 68.2 Å². The molecule has 0 unspecified atom stereocenters. The van der Waals surface area contributed by atoms with Gasteiger partial charge in [-0.2, -0.15) is 13.2 Å². The van der Waals surface area contributed by atoms with Crippen LogP contribution in [0.1, 0.15) is 19.4 Å². The van der Waals surface area contributed by atoms with Crippen LogP contribution in [-0.4, -0.2) is 31.0 Å². The molecule has 3 aromatic carbocycles. The molecular formula is C26H25F3O5. The number of halogens is 3. The molecule has 0 heterocycles. The highest BCUT2D eigenvalue weighted by Gasteiger charge is 2.31. The van der Waals surface area contributed by atoms with E-state index in [1.807, 2.05) is 19.9 Å². The summed E-state index contributed by atoms with van der Waals surface area (Å²) in [4.78, 5) is 0. The van der Waals surface area contributed by atoms with Gasteiger partial charge in [0.15, 0.2) is 23.0 Å². The molecular weight excluding hydrogens is 449 g/mol. The zero-order valence-corrected chi connectivity index (χ0v) is 19.2. The van der Waals surface area contributed by atoms with Crippen LogP contribution in [0, 0.1) is 0 Å². The zero-order valence-electron chi connectivity index (χ0n) is 19.2. The van der Waals surface area contributed by atoms with Crippen LogP contribution in [0.25, 0.3) is 22.3 Å². The number of alkyl halides is 3. The first-order chi connectivity index (χ1) is 16.1. The lowest BCUT2D eigenvalue weighted by Gasteiger charge is -2.19. The SMILES string of the molecule is COc1cc(-c2cccc(C(F)(F)F)c2)c(OC)c(O)c1-c1ccc(OCC=C(C)C)c(O)c1. The molecule has 0 radical (unpaired) electrons. The average Bonchev–Trinajstić information content (AvgIpc) is 2.78. The molecule has 3 aromatic rings. The monoisotopic (exact) mass is 474 g/mol. The van der Waals surface area contributed by atoms with Crippen LogP contribution in [0.2, 0.25) is 0 Å². The fourth-order valence-corrected chi connectivity index (χ4v) is 3.44. The normalized spacial score (nSPS) is 11.1. The molecule has 34 heavy (non-hydrogen) atoms. The molecule has 2 N–H and O–H groups in total. The van der Waals surface area contributed by atoms with Crippen LogP contribution in [0.5, 0.6) is 28.7 Å². The third-order valence-corrected chi connectivity index (χ3v) is 5.12. The van der Waals surface area contributed by atoms with Crippen molar-refractivity contribution < 1.29 is 37.6 Å². The number of rotatable bonds is 7. The fourth-order valence-electron chi connectivity index (χ4n) is 3.44. The molecule has 0 aliphatic heterocycles. The number of benzene rings is 3. The highest BCUT2D eigenvalue weighted by atomic mass is 19.4. The molecule has 0 spiro atoms. The Morgan fingerprint density at radius 3 is 2.24 bits per heavy atom. The van der Waals surface area contributed by atoms with Crippen molar-refractivity contribution in [1.82, 2.24) is 0 Å². The van der Waals surface area contributed by atoms with Crippen LogP contribution < -0.4 is 14.2 Å². The Hall–Kier alpha value is -3.81. The van der Waals surface area contributed by atoms with E-state index in [4.69, 9.17) is 14.2 Å². The molecule has 0 fully saturated rings. The second-order valence-corrected chi connectivity index (χ2v) is 7.74. The second kappa shape index (κ2) is 9.99. The minimum Gasteiger partial charge on any atom is -0.504 e. The molecule has 0 bridgehead atoms. The number of hydrogen-bond donors (Lipinski definition) is 2. The van der Waals surface area contributed by atoms with E-state index in [1.54, 1.807) is 12.1 Å². The highest BCUT2D eigenvalue weighted by molar-refractivity contribution is 5.88. The Bertz CT molecular complexity index is 1210. The van der Waals surface area contributed by atoms with Crippen LogP contribution in [0.3, 0.4) is 0 Å². The summed E-state index contributed by atoms with van der Waals surface area (Å²) in [5.41, 5.74) is 1.26. The number of aromatic hydroxyl groups is 2. The standard InChI is InChI=1S/C26H25F3O5/c1-15(2)10-11-34-21-9-8-17(13-20(21)30)23-22(32-3)14-19(25(33-4)24(23)31)16-6-5-7-18(12-16)26(27,28)29/h5-10,12-14,30-31H,11H2,1-4H3. The molecule has 3 rings (SSSR count). The first-order valence-electron chi connectivity index (χ1n) is 10.3. The molecule has 0 aliphatic rings. The number of phenolic OH excluding ortho intramolecular Hbond substituents is 2. The smallest absolute Gasteiger partial charge is 0.416 e. The maximum atomic E-state index is 13.2. The van der Waals surface area contributed by atoms with Gasteiger partial charge in [0, 0.05) is 5.56 Å². The van der Waals surface area contributed by atoms with E-state index in [2.05, 4.69) is 0 Å².